The fourth-order valence-corrected chi connectivity index (χ4v) is 8.29. The van der Waals surface area contributed by atoms with Gasteiger partial charge in [0.25, 0.3) is 5.82 Å². The summed E-state index contributed by atoms with van der Waals surface area (Å²) >= 11 is 0. The summed E-state index contributed by atoms with van der Waals surface area (Å²) in [6.07, 6.45) is 10.9. The molecule has 2 aliphatic carbocycles. The lowest BCUT2D eigenvalue weighted by molar-refractivity contribution is -0.745. The van der Waals surface area contributed by atoms with Crippen LogP contribution in [0.2, 0.25) is 0 Å². The summed E-state index contributed by atoms with van der Waals surface area (Å²) < 4.78 is 5.48. The van der Waals surface area contributed by atoms with Crippen LogP contribution in [-0.4, -0.2) is 4.57 Å². The maximum Gasteiger partial charge on any atom is 0.295 e. The number of benzene rings is 3. The second kappa shape index (κ2) is 8.47. The van der Waals surface area contributed by atoms with Gasteiger partial charge in [0.2, 0.25) is 0 Å². The van der Waals surface area contributed by atoms with Crippen LogP contribution in [0.1, 0.15) is 68.2 Å². The number of aryl methyl sites for hydroxylation is 1. The summed E-state index contributed by atoms with van der Waals surface area (Å²) in [5, 5.41) is 0. The van der Waals surface area contributed by atoms with Crippen LogP contribution in [0.25, 0.3) is 28.3 Å². The van der Waals surface area contributed by atoms with E-state index >= 15 is 0 Å². The minimum Gasteiger partial charge on any atom is -0.212 e. The first-order valence-corrected chi connectivity index (χ1v) is 14.1. The van der Waals surface area contributed by atoms with Gasteiger partial charge in [-0.15, -0.1) is 0 Å². The van der Waals surface area contributed by atoms with E-state index in [2.05, 4.69) is 102 Å². The lowest BCUT2D eigenvalue weighted by Gasteiger charge is -2.40. The molecule has 0 amide bonds. The highest BCUT2D eigenvalue weighted by molar-refractivity contribution is 5.73. The van der Waals surface area contributed by atoms with Gasteiger partial charge in [-0.2, -0.15) is 4.57 Å². The highest BCUT2D eigenvalue weighted by Crippen LogP contribution is 2.57. The van der Waals surface area contributed by atoms with Gasteiger partial charge < -0.3 is 0 Å². The quantitative estimate of drug-likeness (QED) is 0.264. The molecule has 0 spiro atoms. The number of hydrogen-bond donors (Lipinski definition) is 0. The van der Waals surface area contributed by atoms with Crippen LogP contribution >= 0.6 is 0 Å². The Hall–Kier alpha value is -3.13. The van der Waals surface area contributed by atoms with Crippen LogP contribution in [0.15, 0.2) is 78.9 Å². The Morgan fingerprint density at radius 3 is 1.94 bits per heavy atom. The molecular formula is C34H37N2+. The van der Waals surface area contributed by atoms with E-state index in [0.29, 0.717) is 11.8 Å². The monoisotopic (exact) mass is 473 g/mol. The molecule has 0 bridgehead atoms. The number of para-hydroxylation sites is 1. The van der Waals surface area contributed by atoms with Gasteiger partial charge in [-0.3, -0.25) is 0 Å². The van der Waals surface area contributed by atoms with E-state index in [1.165, 1.54) is 91.0 Å². The molecule has 182 valence electrons. The maximum absolute atomic E-state index is 2.89. The van der Waals surface area contributed by atoms with E-state index in [0.717, 1.165) is 0 Å². The standard InChI is InChI=1S/C34H37N2/c1-24-14-6-13-23-31(24)35-25(2)32-29-21-11-12-22-30(29)34(27-17-7-8-18-27,28-19-9-10-20-28)36(32)33(35)26-15-4-3-5-16-26/h3-6,11-16,21-23,27-28H,7-10,17-20H2,1-2H3/q+1. The Morgan fingerprint density at radius 2 is 1.28 bits per heavy atom. The average Bonchev–Trinajstić information content (AvgIpc) is 3.71. The first-order chi connectivity index (χ1) is 17.7. The van der Waals surface area contributed by atoms with Crippen molar-refractivity contribution in [3.8, 4) is 28.3 Å². The molecule has 2 nitrogen and oxygen atoms in total. The lowest BCUT2D eigenvalue weighted by atomic mass is 9.68. The number of nitrogens with zero attached hydrogens (tertiary/aromatic N) is 2. The van der Waals surface area contributed by atoms with Crippen molar-refractivity contribution in [1.29, 1.82) is 0 Å². The summed E-state index contributed by atoms with van der Waals surface area (Å²) in [7, 11) is 0. The van der Waals surface area contributed by atoms with Gasteiger partial charge in [-0.05, 0) is 56.4 Å². The van der Waals surface area contributed by atoms with Gasteiger partial charge in [0.1, 0.15) is 11.2 Å². The number of hydrogen-bond acceptors (Lipinski definition) is 0. The first-order valence-electron chi connectivity index (χ1n) is 14.1. The molecule has 2 saturated carbocycles. The Labute approximate surface area is 215 Å². The van der Waals surface area contributed by atoms with Crippen LogP contribution in [-0.2, 0) is 5.54 Å². The molecule has 3 aromatic carbocycles. The second-order valence-corrected chi connectivity index (χ2v) is 11.4. The fourth-order valence-electron chi connectivity index (χ4n) is 8.29. The molecule has 0 atom stereocenters. The summed E-state index contributed by atoms with van der Waals surface area (Å²) in [5.74, 6) is 2.76. The van der Waals surface area contributed by atoms with E-state index in [9.17, 15) is 0 Å². The molecule has 0 N–H and O–H groups in total. The predicted molar refractivity (Wildman–Crippen MR) is 147 cm³/mol. The van der Waals surface area contributed by atoms with E-state index in [-0.39, 0.29) is 5.54 Å². The molecule has 4 aromatic rings. The summed E-state index contributed by atoms with van der Waals surface area (Å²) in [4.78, 5) is 0. The predicted octanol–water partition coefficient (Wildman–Crippen LogP) is 8.15. The van der Waals surface area contributed by atoms with Gasteiger partial charge in [-0.25, -0.2) is 4.57 Å². The van der Waals surface area contributed by atoms with Crippen molar-refractivity contribution in [2.45, 2.75) is 70.8 Å². The van der Waals surface area contributed by atoms with Gasteiger partial charge in [0.15, 0.2) is 11.4 Å². The van der Waals surface area contributed by atoms with Crippen LogP contribution in [0, 0.1) is 25.7 Å². The topological polar surface area (TPSA) is 8.81 Å². The average molecular weight is 474 g/mol. The van der Waals surface area contributed by atoms with Gasteiger partial charge in [0, 0.05) is 29.9 Å². The van der Waals surface area contributed by atoms with Crippen LogP contribution in [0.4, 0.5) is 0 Å². The van der Waals surface area contributed by atoms with Crippen LogP contribution in [0.3, 0.4) is 0 Å². The van der Waals surface area contributed by atoms with Gasteiger partial charge >= 0.3 is 0 Å². The van der Waals surface area contributed by atoms with Gasteiger partial charge in [-0.1, -0.05) is 86.3 Å². The summed E-state index contributed by atoms with van der Waals surface area (Å²) in [6.45, 7) is 4.62. The summed E-state index contributed by atoms with van der Waals surface area (Å²) in [5.41, 5.74) is 9.90. The Bertz CT molecular complexity index is 1400. The molecular weight excluding hydrogens is 436 g/mol. The van der Waals surface area contributed by atoms with Crippen molar-refractivity contribution in [1.82, 2.24) is 4.57 Å². The molecule has 7 rings (SSSR count). The SMILES string of the molecule is Cc1ccccc1-n1c(C)c2[n+](c1-c1ccccc1)C(C1CCCC1)(C1CCCC1)c1ccccc1-2. The number of fused-ring (bicyclic) bond motifs is 3. The van der Waals surface area contributed by atoms with E-state index in [1.807, 2.05) is 0 Å². The molecule has 2 heteroatoms. The molecule has 1 aromatic heterocycles. The number of aromatic nitrogens is 2. The lowest BCUT2D eigenvalue weighted by Crippen LogP contribution is -2.63. The molecule has 36 heavy (non-hydrogen) atoms. The highest BCUT2D eigenvalue weighted by Gasteiger charge is 2.61. The molecule has 0 unspecified atom stereocenters. The fraction of sp³-hybridized carbons (Fsp3) is 0.382. The van der Waals surface area contributed by atoms with Crippen molar-refractivity contribution >= 4 is 0 Å². The van der Waals surface area contributed by atoms with Crippen molar-refractivity contribution in [2.24, 2.45) is 11.8 Å². The van der Waals surface area contributed by atoms with Gasteiger partial charge in [0.05, 0.1) is 5.56 Å². The van der Waals surface area contributed by atoms with Crippen molar-refractivity contribution in [3.05, 3.63) is 95.7 Å². The molecule has 0 radical (unpaired) electrons. The van der Waals surface area contributed by atoms with Crippen LogP contribution < -0.4 is 4.57 Å². The minimum absolute atomic E-state index is 0.0444. The molecule has 0 saturated heterocycles. The normalized spacial score (nSPS) is 19.1. The van der Waals surface area contributed by atoms with Crippen molar-refractivity contribution in [2.75, 3.05) is 0 Å². The van der Waals surface area contributed by atoms with E-state index < -0.39 is 0 Å². The largest absolute Gasteiger partial charge is 0.295 e. The Morgan fingerprint density at radius 1 is 0.694 bits per heavy atom. The van der Waals surface area contributed by atoms with Crippen molar-refractivity contribution < 1.29 is 4.57 Å². The van der Waals surface area contributed by atoms with Crippen LogP contribution in [0.5, 0.6) is 0 Å². The third kappa shape index (κ3) is 2.94. The highest BCUT2D eigenvalue weighted by atomic mass is 15.3. The zero-order valence-electron chi connectivity index (χ0n) is 21.7. The third-order valence-electron chi connectivity index (χ3n) is 9.65. The van der Waals surface area contributed by atoms with E-state index in [4.69, 9.17) is 0 Å². The minimum atomic E-state index is 0.0444. The number of rotatable bonds is 4. The first kappa shape index (κ1) is 22.1. The molecule has 2 heterocycles. The Kier molecular flexibility index (Phi) is 5.20. The zero-order chi connectivity index (χ0) is 24.3. The molecule has 2 fully saturated rings. The third-order valence-corrected chi connectivity index (χ3v) is 9.65. The smallest absolute Gasteiger partial charge is 0.212 e. The maximum atomic E-state index is 2.89. The molecule has 3 aliphatic rings. The van der Waals surface area contributed by atoms with Crippen molar-refractivity contribution in [3.63, 3.8) is 0 Å². The second-order valence-electron chi connectivity index (χ2n) is 11.4. The Balaban J connectivity index is 1.65. The zero-order valence-corrected chi connectivity index (χ0v) is 21.7. The summed E-state index contributed by atoms with van der Waals surface area (Å²) in [6, 6.07) is 29.6. The van der Waals surface area contributed by atoms with E-state index in [1.54, 1.807) is 5.56 Å². The number of imidazole rings is 1. The molecule has 1 aliphatic heterocycles.